The molecule has 0 aliphatic heterocycles. The van der Waals surface area contributed by atoms with E-state index >= 15 is 0 Å². The van der Waals surface area contributed by atoms with Crippen LogP contribution in [-0.2, 0) is 13.5 Å². The first-order valence-corrected chi connectivity index (χ1v) is 6.71. The smallest absolute Gasteiger partial charge is 0.153 e. The highest BCUT2D eigenvalue weighted by atomic mass is 79.9. The molecule has 0 aliphatic carbocycles. The van der Waals surface area contributed by atoms with Crippen molar-refractivity contribution in [3.63, 3.8) is 0 Å². The quantitative estimate of drug-likeness (QED) is 0.652. The van der Waals surface area contributed by atoms with Crippen molar-refractivity contribution in [3.8, 4) is 0 Å². The molecule has 92 valence electrons. The summed E-state index contributed by atoms with van der Waals surface area (Å²) in [5, 5.41) is 11.0. The van der Waals surface area contributed by atoms with E-state index < -0.39 is 0 Å². The van der Waals surface area contributed by atoms with Gasteiger partial charge in [-0.05, 0) is 22.9 Å². The minimum Gasteiger partial charge on any atom is -0.271 e. The molecule has 0 aromatic carbocycles. The molecule has 2 aromatic heterocycles. The van der Waals surface area contributed by atoms with Crippen LogP contribution in [0.15, 0.2) is 9.98 Å². The van der Waals surface area contributed by atoms with Gasteiger partial charge in [0.1, 0.15) is 0 Å². The average Bonchev–Trinajstić information content (AvgIpc) is 2.84. The summed E-state index contributed by atoms with van der Waals surface area (Å²) in [6.07, 6.45) is 0.709. The highest BCUT2D eigenvalue weighted by molar-refractivity contribution is 9.10. The number of aryl methyl sites for hydroxylation is 2. The molecular weight excluding hydrogens is 304 g/mol. The predicted octanol–water partition coefficient (Wildman–Crippen LogP) is 1.09. The number of hydrogen-bond acceptors (Lipinski definition) is 6. The van der Waals surface area contributed by atoms with Crippen molar-refractivity contribution in [1.29, 1.82) is 0 Å². The van der Waals surface area contributed by atoms with Crippen LogP contribution in [0.1, 0.15) is 22.4 Å². The Hall–Kier alpha value is -0.830. The van der Waals surface area contributed by atoms with Gasteiger partial charge in [-0.3, -0.25) is 11.3 Å². The highest BCUT2D eigenvalue weighted by Crippen LogP contribution is 2.23. The lowest BCUT2D eigenvalue weighted by Crippen LogP contribution is -2.31. The van der Waals surface area contributed by atoms with Crippen molar-refractivity contribution in [3.05, 3.63) is 26.4 Å². The summed E-state index contributed by atoms with van der Waals surface area (Å²) >= 11 is 5.00. The third kappa shape index (κ3) is 2.71. The summed E-state index contributed by atoms with van der Waals surface area (Å²) in [4.78, 5) is 4.43. The molecule has 2 rings (SSSR count). The van der Waals surface area contributed by atoms with Gasteiger partial charge in [0.25, 0.3) is 0 Å². The second-order valence-corrected chi connectivity index (χ2v) is 5.48. The Kier molecular flexibility index (Phi) is 3.87. The Morgan fingerprint density at radius 3 is 2.88 bits per heavy atom. The molecule has 8 heteroatoms. The van der Waals surface area contributed by atoms with Crippen molar-refractivity contribution >= 4 is 27.3 Å². The number of nitrogens with zero attached hydrogens (tertiary/aromatic N) is 4. The number of aromatic nitrogens is 4. The van der Waals surface area contributed by atoms with E-state index in [0.29, 0.717) is 11.0 Å². The topological polar surface area (TPSA) is 81.7 Å². The molecule has 0 aliphatic rings. The number of rotatable bonds is 4. The molecular formula is C9H13BrN6S. The minimum atomic E-state index is -0.0640. The summed E-state index contributed by atoms with van der Waals surface area (Å²) in [6.45, 7) is 1.99. The molecule has 0 saturated carbocycles. The molecule has 0 radical (unpaired) electrons. The summed E-state index contributed by atoms with van der Waals surface area (Å²) in [5.74, 6) is 5.59. The van der Waals surface area contributed by atoms with Crippen molar-refractivity contribution in [1.82, 2.24) is 25.4 Å². The maximum atomic E-state index is 5.59. The Morgan fingerprint density at radius 1 is 1.65 bits per heavy atom. The summed E-state index contributed by atoms with van der Waals surface area (Å²) in [7, 11) is 1.84. The monoisotopic (exact) mass is 316 g/mol. The Bertz CT molecular complexity index is 488. The number of hydrazine groups is 1. The minimum absolute atomic E-state index is 0.0640. The first-order chi connectivity index (χ1) is 8.11. The van der Waals surface area contributed by atoms with Gasteiger partial charge in [-0.15, -0.1) is 16.4 Å². The lowest BCUT2D eigenvalue weighted by Gasteiger charge is -2.14. The fourth-order valence-corrected chi connectivity index (χ4v) is 2.88. The van der Waals surface area contributed by atoms with E-state index in [4.69, 9.17) is 5.84 Å². The van der Waals surface area contributed by atoms with Crippen LogP contribution in [0, 0.1) is 6.92 Å². The van der Waals surface area contributed by atoms with E-state index in [9.17, 15) is 0 Å². The van der Waals surface area contributed by atoms with Crippen LogP contribution < -0.4 is 11.3 Å². The molecule has 0 saturated heterocycles. The van der Waals surface area contributed by atoms with Gasteiger partial charge in [0.2, 0.25) is 0 Å². The van der Waals surface area contributed by atoms with Crippen LogP contribution in [0.3, 0.4) is 0 Å². The van der Waals surface area contributed by atoms with Gasteiger partial charge >= 0.3 is 0 Å². The van der Waals surface area contributed by atoms with Crippen molar-refractivity contribution in [2.75, 3.05) is 0 Å². The zero-order valence-electron chi connectivity index (χ0n) is 9.51. The maximum absolute atomic E-state index is 5.59. The summed E-state index contributed by atoms with van der Waals surface area (Å²) in [5.41, 5.74) is 4.71. The maximum Gasteiger partial charge on any atom is 0.153 e. The third-order valence-corrected chi connectivity index (χ3v) is 3.82. The first kappa shape index (κ1) is 12.6. The molecule has 1 unspecified atom stereocenters. The van der Waals surface area contributed by atoms with Crippen LogP contribution in [0.25, 0.3) is 0 Å². The normalized spacial score (nSPS) is 12.9. The standard InChI is InChI=1S/C9H13BrN6S/c1-5-12-6(4-17-5)3-7(13-11)8-9(10)14-15-16(8)2/h4,7,13H,3,11H2,1-2H3. The second kappa shape index (κ2) is 5.21. The first-order valence-electron chi connectivity index (χ1n) is 5.04. The molecule has 2 heterocycles. The van der Waals surface area contributed by atoms with E-state index in [1.165, 1.54) is 0 Å². The number of nitrogens with two attached hydrogens (primary N) is 1. The van der Waals surface area contributed by atoms with Crippen LogP contribution in [0.2, 0.25) is 0 Å². The van der Waals surface area contributed by atoms with E-state index in [1.54, 1.807) is 16.0 Å². The van der Waals surface area contributed by atoms with Gasteiger partial charge in [-0.25, -0.2) is 9.67 Å². The fourth-order valence-electron chi connectivity index (χ4n) is 1.65. The molecule has 2 aromatic rings. The zero-order chi connectivity index (χ0) is 12.4. The highest BCUT2D eigenvalue weighted by Gasteiger charge is 2.20. The zero-order valence-corrected chi connectivity index (χ0v) is 11.9. The largest absolute Gasteiger partial charge is 0.271 e. The van der Waals surface area contributed by atoms with Crippen LogP contribution in [-0.4, -0.2) is 20.0 Å². The molecule has 6 nitrogen and oxygen atoms in total. The molecule has 3 N–H and O–H groups in total. The Morgan fingerprint density at radius 2 is 2.41 bits per heavy atom. The van der Waals surface area contributed by atoms with Gasteiger partial charge in [0, 0.05) is 18.8 Å². The van der Waals surface area contributed by atoms with Gasteiger partial charge in [0.05, 0.1) is 22.4 Å². The van der Waals surface area contributed by atoms with Gasteiger partial charge in [0.15, 0.2) is 4.60 Å². The molecule has 0 fully saturated rings. The molecule has 0 bridgehead atoms. The van der Waals surface area contributed by atoms with Crippen LogP contribution in [0.5, 0.6) is 0 Å². The van der Waals surface area contributed by atoms with Crippen molar-refractivity contribution < 1.29 is 0 Å². The number of nitrogens with one attached hydrogen (secondary N) is 1. The number of thiazole rings is 1. The van der Waals surface area contributed by atoms with E-state index in [-0.39, 0.29) is 6.04 Å². The van der Waals surface area contributed by atoms with Crippen LogP contribution in [0.4, 0.5) is 0 Å². The molecule has 1 atom stereocenters. The van der Waals surface area contributed by atoms with Crippen molar-refractivity contribution in [2.24, 2.45) is 12.9 Å². The third-order valence-electron chi connectivity index (χ3n) is 2.44. The molecule has 0 amide bonds. The molecule has 17 heavy (non-hydrogen) atoms. The number of halogens is 1. The van der Waals surface area contributed by atoms with Crippen LogP contribution >= 0.6 is 27.3 Å². The van der Waals surface area contributed by atoms with Gasteiger partial charge < -0.3 is 0 Å². The Labute approximate surface area is 111 Å². The summed E-state index contributed by atoms with van der Waals surface area (Å²) in [6, 6.07) is -0.0640. The fraction of sp³-hybridized carbons (Fsp3) is 0.444. The van der Waals surface area contributed by atoms with E-state index in [1.807, 2.05) is 19.4 Å². The second-order valence-electron chi connectivity index (χ2n) is 3.67. The predicted molar refractivity (Wildman–Crippen MR) is 69.3 cm³/mol. The van der Waals surface area contributed by atoms with E-state index in [0.717, 1.165) is 16.4 Å². The number of hydrogen-bond donors (Lipinski definition) is 2. The lowest BCUT2D eigenvalue weighted by atomic mass is 10.1. The van der Waals surface area contributed by atoms with Gasteiger partial charge in [-0.2, -0.15) is 0 Å². The molecule has 0 spiro atoms. The van der Waals surface area contributed by atoms with Crippen molar-refractivity contribution in [2.45, 2.75) is 19.4 Å². The average molecular weight is 317 g/mol. The van der Waals surface area contributed by atoms with E-state index in [2.05, 4.69) is 36.7 Å². The van der Waals surface area contributed by atoms with Gasteiger partial charge in [-0.1, -0.05) is 5.21 Å². The SMILES string of the molecule is Cc1nc(CC(NN)c2c(Br)nnn2C)cs1. The Balaban J connectivity index is 2.22. The lowest BCUT2D eigenvalue weighted by molar-refractivity contribution is 0.502. The summed E-state index contributed by atoms with van der Waals surface area (Å²) < 4.78 is 2.41.